The predicted molar refractivity (Wildman–Crippen MR) is 88.9 cm³/mol. The first kappa shape index (κ1) is 14.9. The Hall–Kier alpha value is -2.67. The van der Waals surface area contributed by atoms with Crippen molar-refractivity contribution in [3.8, 4) is 0 Å². The van der Waals surface area contributed by atoms with E-state index in [2.05, 4.69) is 10.4 Å². The van der Waals surface area contributed by atoms with Crippen molar-refractivity contribution < 1.29 is 13.9 Å². The highest BCUT2D eigenvalue weighted by molar-refractivity contribution is 6.15. The number of fused-ring (bicyclic) bond motifs is 3. The molecule has 0 unspecified atom stereocenters. The van der Waals surface area contributed by atoms with Gasteiger partial charge >= 0.3 is 0 Å². The van der Waals surface area contributed by atoms with E-state index in [1.165, 1.54) is 18.3 Å². The summed E-state index contributed by atoms with van der Waals surface area (Å²) in [5.74, 6) is -0.900. The zero-order valence-corrected chi connectivity index (χ0v) is 13.0. The molecule has 0 aliphatic carbocycles. The van der Waals surface area contributed by atoms with Crippen LogP contribution in [-0.4, -0.2) is 34.8 Å². The fraction of sp³-hybridized carbons (Fsp3) is 0.294. The minimum atomic E-state index is -0.564. The van der Waals surface area contributed by atoms with Crippen molar-refractivity contribution in [3.05, 3.63) is 42.0 Å². The van der Waals surface area contributed by atoms with Crippen LogP contribution in [-0.2, 0) is 4.74 Å². The molecule has 3 N–H and O–H groups in total. The molecular formula is C17H17FN4O2. The molecule has 1 saturated heterocycles. The molecular weight excluding hydrogens is 311 g/mol. The summed E-state index contributed by atoms with van der Waals surface area (Å²) in [5.41, 5.74) is 10.7. The number of pyridine rings is 1. The number of hydrogen-bond donors (Lipinski definition) is 2. The highest BCUT2D eigenvalue weighted by Gasteiger charge is 2.21. The molecule has 6 nitrogen and oxygen atoms in total. The fourth-order valence-corrected chi connectivity index (χ4v) is 3.25. The van der Waals surface area contributed by atoms with Crippen LogP contribution in [0.4, 0.5) is 4.39 Å². The van der Waals surface area contributed by atoms with Crippen molar-refractivity contribution in [2.45, 2.75) is 18.9 Å². The van der Waals surface area contributed by atoms with Gasteiger partial charge in [0.2, 0.25) is 0 Å². The number of nitrogens with two attached hydrogens (primary N) is 1. The summed E-state index contributed by atoms with van der Waals surface area (Å²) in [6.45, 7) is 1.38. The van der Waals surface area contributed by atoms with Crippen LogP contribution in [0.25, 0.3) is 21.8 Å². The molecule has 1 fully saturated rings. The molecule has 0 bridgehead atoms. The van der Waals surface area contributed by atoms with Crippen LogP contribution in [0.3, 0.4) is 0 Å². The lowest BCUT2D eigenvalue weighted by molar-refractivity contribution is 0.0882. The standard InChI is InChI=1S/C17H17FN4O2/c18-10-1-2-15-12(7-10)13-8-20-9-14(17(19)23)16(13)22(15)21-11-3-5-24-6-4-11/h1-2,7-9,11,21H,3-6H2,(H2,19,23). The summed E-state index contributed by atoms with van der Waals surface area (Å²) in [7, 11) is 0. The van der Waals surface area contributed by atoms with Crippen molar-refractivity contribution in [1.29, 1.82) is 0 Å². The second-order valence-corrected chi connectivity index (χ2v) is 5.96. The van der Waals surface area contributed by atoms with Gasteiger partial charge in [0.15, 0.2) is 0 Å². The lowest BCUT2D eigenvalue weighted by atomic mass is 10.1. The van der Waals surface area contributed by atoms with Crippen molar-refractivity contribution in [3.63, 3.8) is 0 Å². The molecule has 0 spiro atoms. The minimum Gasteiger partial charge on any atom is -0.381 e. The summed E-state index contributed by atoms with van der Waals surface area (Å²) in [6.07, 6.45) is 4.80. The van der Waals surface area contributed by atoms with Crippen LogP contribution in [0.2, 0.25) is 0 Å². The fourth-order valence-electron chi connectivity index (χ4n) is 3.25. The first-order valence-corrected chi connectivity index (χ1v) is 7.87. The lowest BCUT2D eigenvalue weighted by Crippen LogP contribution is -2.33. The Morgan fingerprint density at radius 2 is 2.08 bits per heavy atom. The Balaban J connectivity index is 1.98. The Morgan fingerprint density at radius 3 is 2.83 bits per heavy atom. The van der Waals surface area contributed by atoms with Gasteiger partial charge < -0.3 is 15.9 Å². The Bertz CT molecular complexity index is 931. The second-order valence-electron chi connectivity index (χ2n) is 5.96. The maximum atomic E-state index is 13.7. The van der Waals surface area contributed by atoms with E-state index in [1.807, 2.05) is 4.68 Å². The summed E-state index contributed by atoms with van der Waals surface area (Å²) < 4.78 is 21.0. The van der Waals surface area contributed by atoms with Gasteiger partial charge in [-0.1, -0.05) is 0 Å². The molecule has 1 aromatic carbocycles. The normalized spacial score (nSPS) is 15.9. The number of amides is 1. The lowest BCUT2D eigenvalue weighted by Gasteiger charge is -2.25. The van der Waals surface area contributed by atoms with Crippen molar-refractivity contribution in [1.82, 2.24) is 9.66 Å². The Kier molecular flexibility index (Phi) is 3.57. The van der Waals surface area contributed by atoms with Crippen LogP contribution in [0.5, 0.6) is 0 Å². The molecule has 2 aromatic heterocycles. The highest BCUT2D eigenvalue weighted by Crippen LogP contribution is 2.30. The average Bonchev–Trinajstić information content (AvgIpc) is 2.89. The van der Waals surface area contributed by atoms with Crippen molar-refractivity contribution in [2.24, 2.45) is 5.73 Å². The van der Waals surface area contributed by atoms with E-state index in [1.54, 1.807) is 12.3 Å². The third kappa shape index (κ3) is 2.37. The number of carbonyl (C=O) groups excluding carboxylic acids is 1. The quantitative estimate of drug-likeness (QED) is 0.772. The van der Waals surface area contributed by atoms with Gasteiger partial charge in [0.1, 0.15) is 5.82 Å². The SMILES string of the molecule is NC(=O)c1cncc2c3cc(F)ccc3n(NC3CCOCC3)c12. The number of nitrogens with zero attached hydrogens (tertiary/aromatic N) is 2. The number of halogens is 1. The number of primary amides is 1. The highest BCUT2D eigenvalue weighted by atomic mass is 19.1. The van der Waals surface area contributed by atoms with Gasteiger partial charge in [-0.15, -0.1) is 0 Å². The zero-order chi connectivity index (χ0) is 16.7. The number of nitrogens with one attached hydrogen (secondary N) is 1. The van der Waals surface area contributed by atoms with E-state index < -0.39 is 5.91 Å². The van der Waals surface area contributed by atoms with Gasteiger partial charge in [-0.25, -0.2) is 4.39 Å². The van der Waals surface area contributed by atoms with Gasteiger partial charge in [-0.2, -0.15) is 0 Å². The molecule has 3 heterocycles. The average molecular weight is 328 g/mol. The summed E-state index contributed by atoms with van der Waals surface area (Å²) in [5, 5.41) is 1.39. The van der Waals surface area contributed by atoms with E-state index in [-0.39, 0.29) is 11.9 Å². The largest absolute Gasteiger partial charge is 0.381 e. The molecule has 124 valence electrons. The molecule has 24 heavy (non-hydrogen) atoms. The minimum absolute atomic E-state index is 0.205. The maximum Gasteiger partial charge on any atom is 0.252 e. The van der Waals surface area contributed by atoms with E-state index in [9.17, 15) is 9.18 Å². The number of carbonyl (C=O) groups is 1. The summed E-state index contributed by atoms with van der Waals surface area (Å²) in [6, 6.07) is 4.76. The zero-order valence-electron chi connectivity index (χ0n) is 13.0. The number of aromatic nitrogens is 2. The predicted octanol–water partition coefficient (Wildman–Crippen LogP) is 2.15. The van der Waals surface area contributed by atoms with Gasteiger partial charge in [0.25, 0.3) is 5.91 Å². The first-order chi connectivity index (χ1) is 11.6. The van der Waals surface area contributed by atoms with E-state index >= 15 is 0 Å². The molecule has 0 saturated carbocycles. The molecule has 7 heteroatoms. The number of hydrogen-bond acceptors (Lipinski definition) is 4. The number of rotatable bonds is 3. The summed E-state index contributed by atoms with van der Waals surface area (Å²) >= 11 is 0. The number of benzene rings is 1. The second kappa shape index (κ2) is 5.76. The Morgan fingerprint density at radius 1 is 1.29 bits per heavy atom. The molecule has 1 aliphatic heterocycles. The van der Waals surface area contributed by atoms with Crippen LogP contribution in [0.1, 0.15) is 23.2 Å². The van der Waals surface area contributed by atoms with Crippen molar-refractivity contribution >= 4 is 27.7 Å². The van der Waals surface area contributed by atoms with Crippen LogP contribution < -0.4 is 11.2 Å². The monoisotopic (exact) mass is 328 g/mol. The molecule has 0 radical (unpaired) electrons. The molecule has 0 atom stereocenters. The van der Waals surface area contributed by atoms with Crippen LogP contribution in [0, 0.1) is 5.82 Å². The van der Waals surface area contributed by atoms with E-state index in [0.29, 0.717) is 35.1 Å². The van der Waals surface area contributed by atoms with Crippen LogP contribution >= 0.6 is 0 Å². The van der Waals surface area contributed by atoms with Gasteiger partial charge in [-0.3, -0.25) is 14.5 Å². The van der Waals surface area contributed by atoms with Gasteiger partial charge in [0, 0.05) is 42.4 Å². The van der Waals surface area contributed by atoms with Crippen LogP contribution in [0.15, 0.2) is 30.6 Å². The third-order valence-corrected chi connectivity index (χ3v) is 4.43. The Labute approximate surface area is 137 Å². The van der Waals surface area contributed by atoms with E-state index in [4.69, 9.17) is 10.5 Å². The smallest absolute Gasteiger partial charge is 0.252 e. The number of ether oxygens (including phenoxy) is 1. The molecule has 3 aromatic rings. The van der Waals surface area contributed by atoms with Gasteiger partial charge in [0.05, 0.1) is 16.6 Å². The molecule has 1 aliphatic rings. The molecule has 1 amide bonds. The van der Waals surface area contributed by atoms with Crippen molar-refractivity contribution in [2.75, 3.05) is 18.6 Å². The van der Waals surface area contributed by atoms with E-state index in [0.717, 1.165) is 18.4 Å². The molecule has 4 rings (SSSR count). The first-order valence-electron chi connectivity index (χ1n) is 7.87. The topological polar surface area (TPSA) is 82.2 Å². The summed E-state index contributed by atoms with van der Waals surface area (Å²) in [4.78, 5) is 15.9. The van der Waals surface area contributed by atoms with Gasteiger partial charge in [-0.05, 0) is 31.0 Å². The maximum absolute atomic E-state index is 13.7. The third-order valence-electron chi connectivity index (χ3n) is 4.43.